The molecule has 0 fully saturated rings. The molecule has 7 rings (SSSR count). The summed E-state index contributed by atoms with van der Waals surface area (Å²) < 4.78 is 45.4. The van der Waals surface area contributed by atoms with Gasteiger partial charge in [-0.25, -0.2) is 18.2 Å². The zero-order valence-corrected chi connectivity index (χ0v) is 27.2. The third-order valence-corrected chi connectivity index (χ3v) is 9.67. The maximum atomic E-state index is 14.9. The summed E-state index contributed by atoms with van der Waals surface area (Å²) in [7, 11) is 3.66. The van der Waals surface area contributed by atoms with Gasteiger partial charge in [0.15, 0.2) is 0 Å². The number of halogens is 3. The number of likely N-dealkylation sites (N-methyl/N-ethyl adjacent to an activating group) is 1. The van der Waals surface area contributed by atoms with Gasteiger partial charge < -0.3 is 19.5 Å². The zero-order valence-electron chi connectivity index (χ0n) is 27.2. The van der Waals surface area contributed by atoms with Gasteiger partial charge in [0.2, 0.25) is 0 Å². The van der Waals surface area contributed by atoms with Gasteiger partial charge in [0.1, 0.15) is 17.4 Å². The average molecular weight is 666 g/mol. The lowest BCUT2D eigenvalue weighted by Gasteiger charge is -2.37. The van der Waals surface area contributed by atoms with Crippen LogP contribution in [-0.2, 0) is 26.4 Å². The molecule has 0 aliphatic carbocycles. The number of amides is 2. The SMILES string of the molecule is Cc1c(C(=O)N(c2ccc(O)cc2)c2cnc3c(c2)CCN3C)cc(-c2cc(F)ccc2C(=O)N2Cc3ccccc3C[C@H]2C(F)F)n1C. The van der Waals surface area contributed by atoms with Gasteiger partial charge in [0, 0.05) is 55.4 Å². The summed E-state index contributed by atoms with van der Waals surface area (Å²) in [5.74, 6) is -0.797. The van der Waals surface area contributed by atoms with E-state index in [4.69, 9.17) is 0 Å². The molecule has 0 spiro atoms. The standard InChI is InChI=1S/C38H34F3N5O3/c1-22-31(38(49)46(27-9-11-29(47)12-10-27)28-16-24-14-15-43(2)36(24)42-20-28)19-33(44(22)3)32-18-26(39)8-13-30(32)37(48)45-21-25-7-5-4-6-23(25)17-34(45)35(40)41/h4-13,16,18-20,34-35,47H,14-15,17,21H2,1-3H3/t34-/m0/s1. The Morgan fingerprint density at radius 2 is 1.65 bits per heavy atom. The van der Waals surface area contributed by atoms with E-state index in [9.17, 15) is 27.9 Å². The summed E-state index contributed by atoms with van der Waals surface area (Å²) in [6, 6.07) is 19.3. The number of alkyl halides is 2. The van der Waals surface area contributed by atoms with Crippen LogP contribution >= 0.6 is 0 Å². The number of pyridine rings is 1. The van der Waals surface area contributed by atoms with Crippen molar-refractivity contribution in [1.29, 1.82) is 0 Å². The molecule has 11 heteroatoms. The smallest absolute Gasteiger partial charge is 0.264 e. The van der Waals surface area contributed by atoms with E-state index in [-0.39, 0.29) is 35.4 Å². The Labute approximate surface area is 281 Å². The summed E-state index contributed by atoms with van der Waals surface area (Å²) in [6.07, 6.45) is -0.393. The normalized spacial score (nSPS) is 15.4. The van der Waals surface area contributed by atoms with Crippen molar-refractivity contribution in [3.05, 3.63) is 124 Å². The number of fused-ring (bicyclic) bond motifs is 2. The number of nitrogens with zero attached hydrogens (tertiary/aromatic N) is 5. The van der Waals surface area contributed by atoms with Crippen LogP contribution in [0.2, 0.25) is 0 Å². The average Bonchev–Trinajstić information content (AvgIpc) is 3.62. The Bertz CT molecular complexity index is 2100. The van der Waals surface area contributed by atoms with Crippen LogP contribution in [0.3, 0.4) is 0 Å². The van der Waals surface area contributed by atoms with E-state index in [1.165, 1.54) is 29.2 Å². The zero-order chi connectivity index (χ0) is 34.6. The third-order valence-electron chi connectivity index (χ3n) is 9.67. The minimum Gasteiger partial charge on any atom is -0.508 e. The van der Waals surface area contributed by atoms with E-state index in [0.717, 1.165) is 46.4 Å². The van der Waals surface area contributed by atoms with Crippen LogP contribution in [0.4, 0.5) is 30.4 Å². The fourth-order valence-electron chi connectivity index (χ4n) is 6.88. The van der Waals surface area contributed by atoms with Crippen LogP contribution in [0.1, 0.15) is 43.1 Å². The highest BCUT2D eigenvalue weighted by atomic mass is 19.3. The van der Waals surface area contributed by atoms with Gasteiger partial charge in [-0.15, -0.1) is 0 Å². The molecule has 2 aliphatic rings. The number of carbonyl (C=O) groups is 2. The van der Waals surface area contributed by atoms with E-state index in [2.05, 4.69) is 4.98 Å². The van der Waals surface area contributed by atoms with Crippen molar-refractivity contribution in [3.63, 3.8) is 0 Å². The lowest BCUT2D eigenvalue weighted by molar-refractivity contribution is 0.0141. The summed E-state index contributed by atoms with van der Waals surface area (Å²) in [4.78, 5) is 38.0. The van der Waals surface area contributed by atoms with Gasteiger partial charge in [0.05, 0.1) is 23.5 Å². The second kappa shape index (κ2) is 12.5. The first-order valence-corrected chi connectivity index (χ1v) is 16.0. The highest BCUT2D eigenvalue weighted by Gasteiger charge is 2.37. The summed E-state index contributed by atoms with van der Waals surface area (Å²) >= 11 is 0. The molecule has 1 N–H and O–H groups in total. The van der Waals surface area contributed by atoms with E-state index >= 15 is 0 Å². The molecule has 250 valence electrons. The number of phenolic OH excluding ortho intramolecular Hbond substituents is 1. The predicted molar refractivity (Wildman–Crippen MR) is 181 cm³/mol. The van der Waals surface area contributed by atoms with Crippen LogP contribution in [0.25, 0.3) is 11.3 Å². The van der Waals surface area contributed by atoms with Crippen molar-refractivity contribution < 1.29 is 27.9 Å². The number of hydrogen-bond acceptors (Lipinski definition) is 5. The van der Waals surface area contributed by atoms with E-state index in [1.54, 1.807) is 61.1 Å². The molecule has 0 bridgehead atoms. The predicted octanol–water partition coefficient (Wildman–Crippen LogP) is 7.04. The number of hydrogen-bond donors (Lipinski definition) is 1. The second-order valence-electron chi connectivity index (χ2n) is 12.6. The molecule has 2 aromatic heterocycles. The number of rotatable bonds is 6. The molecule has 1 atom stereocenters. The summed E-state index contributed by atoms with van der Waals surface area (Å²) in [6.45, 7) is 2.54. The Morgan fingerprint density at radius 1 is 0.918 bits per heavy atom. The fraction of sp³-hybridized carbons (Fsp3) is 0.237. The first-order valence-electron chi connectivity index (χ1n) is 16.0. The number of aromatic hydroxyl groups is 1. The topological polar surface area (TPSA) is 81.9 Å². The second-order valence-corrected chi connectivity index (χ2v) is 12.6. The van der Waals surface area contributed by atoms with Crippen LogP contribution in [0.15, 0.2) is 85.1 Å². The van der Waals surface area contributed by atoms with Crippen molar-refractivity contribution in [2.75, 3.05) is 23.4 Å². The van der Waals surface area contributed by atoms with E-state index in [1.807, 2.05) is 24.1 Å². The van der Waals surface area contributed by atoms with Crippen molar-refractivity contribution in [2.45, 2.75) is 38.8 Å². The van der Waals surface area contributed by atoms with Crippen LogP contribution in [-0.4, -0.2) is 57.4 Å². The lowest BCUT2D eigenvalue weighted by atomic mass is 9.92. The highest BCUT2D eigenvalue weighted by Crippen LogP contribution is 2.37. The fourth-order valence-corrected chi connectivity index (χ4v) is 6.88. The van der Waals surface area contributed by atoms with Gasteiger partial charge in [-0.3, -0.25) is 14.5 Å². The highest BCUT2D eigenvalue weighted by molar-refractivity contribution is 6.12. The van der Waals surface area contributed by atoms with Crippen LogP contribution < -0.4 is 9.80 Å². The maximum Gasteiger partial charge on any atom is 0.264 e. The van der Waals surface area contributed by atoms with Crippen molar-refractivity contribution in [1.82, 2.24) is 14.5 Å². The Morgan fingerprint density at radius 3 is 2.39 bits per heavy atom. The summed E-state index contributed by atoms with van der Waals surface area (Å²) in [5, 5.41) is 9.99. The van der Waals surface area contributed by atoms with E-state index < -0.39 is 30.1 Å². The number of benzene rings is 3. The number of carbonyl (C=O) groups excluding carboxylic acids is 2. The molecule has 5 aromatic rings. The first kappa shape index (κ1) is 32.0. The quantitative estimate of drug-likeness (QED) is 0.211. The minimum atomic E-state index is -2.79. The molecule has 4 heterocycles. The van der Waals surface area contributed by atoms with Crippen molar-refractivity contribution >= 4 is 29.0 Å². The van der Waals surface area contributed by atoms with Crippen molar-refractivity contribution in [2.24, 2.45) is 7.05 Å². The molecule has 0 saturated carbocycles. The van der Waals surface area contributed by atoms with Crippen LogP contribution in [0.5, 0.6) is 5.75 Å². The van der Waals surface area contributed by atoms with Gasteiger partial charge in [-0.1, -0.05) is 24.3 Å². The van der Waals surface area contributed by atoms with Crippen molar-refractivity contribution in [3.8, 4) is 17.0 Å². The number of phenols is 1. The largest absolute Gasteiger partial charge is 0.508 e. The Hall–Kier alpha value is -5.58. The first-order chi connectivity index (χ1) is 23.5. The molecule has 0 unspecified atom stereocenters. The molecule has 8 nitrogen and oxygen atoms in total. The van der Waals surface area contributed by atoms with Gasteiger partial charge in [-0.05, 0) is 91.1 Å². The lowest BCUT2D eigenvalue weighted by Crippen LogP contribution is -2.48. The van der Waals surface area contributed by atoms with Gasteiger partial charge in [0.25, 0.3) is 18.2 Å². The number of anilines is 3. The van der Waals surface area contributed by atoms with Gasteiger partial charge >= 0.3 is 0 Å². The van der Waals surface area contributed by atoms with Crippen LogP contribution in [0, 0.1) is 12.7 Å². The minimum absolute atomic E-state index is 0.00104. The third kappa shape index (κ3) is 5.68. The molecule has 2 amide bonds. The molecule has 2 aliphatic heterocycles. The number of aromatic nitrogens is 2. The molecule has 49 heavy (non-hydrogen) atoms. The molecule has 0 radical (unpaired) electrons. The monoisotopic (exact) mass is 665 g/mol. The molecule has 0 saturated heterocycles. The van der Waals surface area contributed by atoms with E-state index in [0.29, 0.717) is 22.8 Å². The Kier molecular flexibility index (Phi) is 8.14. The molecular formula is C38H34F3N5O3. The molecule has 3 aromatic carbocycles. The Balaban J connectivity index is 1.30. The summed E-state index contributed by atoms with van der Waals surface area (Å²) in [5.41, 5.74) is 4.98. The van der Waals surface area contributed by atoms with Gasteiger partial charge in [-0.2, -0.15) is 0 Å². The maximum absolute atomic E-state index is 14.9. The molecular weight excluding hydrogens is 631 g/mol.